The van der Waals surface area contributed by atoms with Gasteiger partial charge < -0.3 is 24.4 Å². The molecule has 9 nitrogen and oxygen atoms in total. The lowest BCUT2D eigenvalue weighted by Crippen LogP contribution is -2.51. The van der Waals surface area contributed by atoms with E-state index in [9.17, 15) is 14.4 Å². The predicted molar refractivity (Wildman–Crippen MR) is 150 cm³/mol. The molecule has 0 radical (unpaired) electrons. The van der Waals surface area contributed by atoms with E-state index < -0.39 is 5.60 Å². The molecule has 2 aromatic carbocycles. The number of anilines is 1. The maximum Gasteiger partial charge on any atom is 0.516 e. The van der Waals surface area contributed by atoms with Crippen LogP contribution in [0.15, 0.2) is 54.6 Å². The largest absolute Gasteiger partial charge is 0.516 e. The summed E-state index contributed by atoms with van der Waals surface area (Å²) in [6.07, 6.45) is 1.81. The predicted octanol–water partition coefficient (Wildman–Crippen LogP) is 5.21. The summed E-state index contributed by atoms with van der Waals surface area (Å²) < 4.78 is 17.5. The van der Waals surface area contributed by atoms with Gasteiger partial charge in [-0.3, -0.25) is 4.79 Å². The second-order valence-electron chi connectivity index (χ2n) is 12.2. The summed E-state index contributed by atoms with van der Waals surface area (Å²) in [6.45, 7) is 8.90. The third-order valence-electron chi connectivity index (χ3n) is 8.07. The summed E-state index contributed by atoms with van der Waals surface area (Å²) in [7, 11) is 0. The number of rotatable bonds is 6. The second kappa shape index (κ2) is 11.5. The van der Waals surface area contributed by atoms with Crippen LogP contribution in [0.1, 0.15) is 45.6 Å². The van der Waals surface area contributed by atoms with Crippen LogP contribution in [-0.4, -0.2) is 71.9 Å². The van der Waals surface area contributed by atoms with Gasteiger partial charge in [-0.1, -0.05) is 30.3 Å². The van der Waals surface area contributed by atoms with Crippen LogP contribution in [-0.2, 0) is 20.9 Å². The molecule has 3 fully saturated rings. The molecular formula is C31H40N3O6+. The van der Waals surface area contributed by atoms with Crippen molar-refractivity contribution in [2.45, 2.75) is 58.3 Å². The number of benzene rings is 2. The molecule has 0 aromatic heterocycles. The Balaban J connectivity index is 1.08. The first-order valence-corrected chi connectivity index (χ1v) is 14.2. The molecule has 3 aliphatic rings. The quantitative estimate of drug-likeness (QED) is 0.497. The van der Waals surface area contributed by atoms with Crippen LogP contribution >= 0.6 is 0 Å². The Kier molecular flexibility index (Phi) is 8.03. The summed E-state index contributed by atoms with van der Waals surface area (Å²) >= 11 is 0. The van der Waals surface area contributed by atoms with E-state index in [4.69, 9.17) is 14.2 Å². The average molecular weight is 551 g/mol. The molecule has 3 atom stereocenters. The summed E-state index contributed by atoms with van der Waals surface area (Å²) in [4.78, 5) is 40.2. The van der Waals surface area contributed by atoms with Gasteiger partial charge in [-0.2, -0.15) is 4.79 Å². The third kappa shape index (κ3) is 6.58. The number of quaternary nitrogens is 1. The van der Waals surface area contributed by atoms with Crippen molar-refractivity contribution < 1.29 is 33.1 Å². The lowest BCUT2D eigenvalue weighted by Gasteiger charge is -2.33. The Morgan fingerprint density at radius 3 is 2.33 bits per heavy atom. The maximum absolute atomic E-state index is 13.2. The number of hydrogen-bond donors (Lipinski definition) is 1. The fourth-order valence-electron chi connectivity index (χ4n) is 5.98. The molecule has 3 unspecified atom stereocenters. The summed E-state index contributed by atoms with van der Waals surface area (Å²) in [5.41, 5.74) is 1.15. The van der Waals surface area contributed by atoms with Gasteiger partial charge in [0.05, 0.1) is 19.0 Å². The molecule has 5 rings (SSSR count). The zero-order valence-electron chi connectivity index (χ0n) is 23.6. The van der Waals surface area contributed by atoms with E-state index in [-0.39, 0.29) is 47.1 Å². The SMILES string of the molecule is CC(C)(C)OC(=O)N1CCC(Oc2ccc(NC(=O)C3C[N+]4(C(=O)OCc5ccccc5)CCC3C4)cc2)CC1. The Bertz CT molecular complexity index is 1200. The minimum Gasteiger partial charge on any atom is -0.490 e. The zero-order chi connectivity index (χ0) is 28.3. The van der Waals surface area contributed by atoms with Crippen molar-refractivity contribution >= 4 is 23.8 Å². The Labute approximate surface area is 236 Å². The van der Waals surface area contributed by atoms with Crippen LogP contribution in [0.25, 0.3) is 0 Å². The van der Waals surface area contributed by atoms with Gasteiger partial charge in [0.2, 0.25) is 5.91 Å². The molecule has 3 saturated heterocycles. The third-order valence-corrected chi connectivity index (χ3v) is 8.07. The van der Waals surface area contributed by atoms with E-state index in [0.717, 1.165) is 37.1 Å². The van der Waals surface area contributed by atoms with Crippen molar-refractivity contribution in [3.8, 4) is 5.75 Å². The average Bonchev–Trinajstić information content (AvgIpc) is 3.54. The molecule has 9 heteroatoms. The first kappa shape index (κ1) is 28.0. The number of ether oxygens (including phenoxy) is 3. The van der Waals surface area contributed by atoms with Gasteiger partial charge >= 0.3 is 12.2 Å². The van der Waals surface area contributed by atoms with Crippen molar-refractivity contribution in [3.63, 3.8) is 0 Å². The lowest BCUT2D eigenvalue weighted by atomic mass is 9.91. The topological polar surface area (TPSA) is 94.2 Å². The molecule has 2 bridgehead atoms. The molecule has 0 saturated carbocycles. The number of piperidine rings is 2. The van der Waals surface area contributed by atoms with Crippen LogP contribution in [0.3, 0.4) is 0 Å². The number of likely N-dealkylation sites (tertiary alicyclic amines) is 1. The number of nitrogens with zero attached hydrogens (tertiary/aromatic N) is 2. The molecule has 2 aromatic rings. The first-order chi connectivity index (χ1) is 19.1. The van der Waals surface area contributed by atoms with E-state index in [1.54, 1.807) is 4.90 Å². The van der Waals surface area contributed by atoms with E-state index in [0.29, 0.717) is 31.9 Å². The van der Waals surface area contributed by atoms with Crippen LogP contribution in [0, 0.1) is 11.8 Å². The van der Waals surface area contributed by atoms with Gasteiger partial charge in [0.15, 0.2) is 0 Å². The number of nitrogens with one attached hydrogen (secondary N) is 1. The highest BCUT2D eigenvalue weighted by molar-refractivity contribution is 5.93. The van der Waals surface area contributed by atoms with Gasteiger partial charge in [0.1, 0.15) is 30.6 Å². The van der Waals surface area contributed by atoms with Crippen LogP contribution < -0.4 is 10.1 Å². The lowest BCUT2D eigenvalue weighted by molar-refractivity contribution is -0.838. The summed E-state index contributed by atoms with van der Waals surface area (Å²) in [5, 5.41) is 3.04. The normalized spacial score (nSPS) is 24.4. The van der Waals surface area contributed by atoms with Crippen molar-refractivity contribution in [1.29, 1.82) is 0 Å². The van der Waals surface area contributed by atoms with Gasteiger partial charge in [-0.25, -0.2) is 9.28 Å². The summed E-state index contributed by atoms with van der Waals surface area (Å²) in [5.74, 6) is 0.636. The minimum absolute atomic E-state index is 0.0174. The number of carbonyl (C=O) groups excluding carboxylic acids is 3. The van der Waals surface area contributed by atoms with Gasteiger partial charge in [0, 0.05) is 44.0 Å². The highest BCUT2D eigenvalue weighted by Gasteiger charge is 2.58. The van der Waals surface area contributed by atoms with Gasteiger partial charge in [0.25, 0.3) is 0 Å². The highest BCUT2D eigenvalue weighted by atomic mass is 16.6. The zero-order valence-corrected chi connectivity index (χ0v) is 23.6. The molecule has 3 amide bonds. The molecule has 3 heterocycles. The van der Waals surface area contributed by atoms with Crippen LogP contribution in [0.4, 0.5) is 15.3 Å². The van der Waals surface area contributed by atoms with Crippen molar-refractivity contribution in [2.24, 2.45) is 11.8 Å². The Morgan fingerprint density at radius 2 is 1.65 bits per heavy atom. The molecule has 3 aliphatic heterocycles. The van der Waals surface area contributed by atoms with Crippen molar-refractivity contribution in [2.75, 3.05) is 38.0 Å². The fraction of sp³-hybridized carbons (Fsp3) is 0.516. The van der Waals surface area contributed by atoms with Crippen LogP contribution in [0.5, 0.6) is 5.75 Å². The molecule has 1 N–H and O–H groups in total. The molecule has 0 spiro atoms. The Hall–Kier alpha value is -3.59. The minimum atomic E-state index is -0.506. The monoisotopic (exact) mass is 550 g/mol. The molecule has 0 aliphatic carbocycles. The first-order valence-electron chi connectivity index (χ1n) is 14.2. The van der Waals surface area contributed by atoms with Crippen LogP contribution in [0.2, 0.25) is 0 Å². The van der Waals surface area contributed by atoms with Gasteiger partial charge in [-0.05, 0) is 50.6 Å². The number of hydrogen-bond acceptors (Lipinski definition) is 6. The Morgan fingerprint density at radius 1 is 0.950 bits per heavy atom. The van der Waals surface area contributed by atoms with Crippen molar-refractivity contribution in [1.82, 2.24) is 4.90 Å². The van der Waals surface area contributed by atoms with E-state index >= 15 is 0 Å². The fourth-order valence-corrected chi connectivity index (χ4v) is 5.98. The standard InChI is InChI=1S/C31H39N3O6/c1-31(2,3)40-29(36)33-16-13-26(14-17-33)39-25-11-9-24(10-12-25)32-28(35)27-20-34(18-15-23(27)19-34)30(37)38-21-22-7-5-4-6-8-22/h4-12,23,26-27H,13-21H2,1-3H3/p+1. The molecule has 214 valence electrons. The maximum atomic E-state index is 13.2. The van der Waals surface area contributed by atoms with E-state index in [2.05, 4.69) is 5.32 Å². The highest BCUT2D eigenvalue weighted by Crippen LogP contribution is 2.41. The number of fused-ring (bicyclic) bond motifs is 2. The summed E-state index contributed by atoms with van der Waals surface area (Å²) in [6, 6.07) is 17.1. The van der Waals surface area contributed by atoms with Crippen molar-refractivity contribution in [3.05, 3.63) is 60.2 Å². The number of amides is 3. The molecular weight excluding hydrogens is 510 g/mol. The van der Waals surface area contributed by atoms with E-state index in [1.165, 1.54) is 0 Å². The van der Waals surface area contributed by atoms with Gasteiger partial charge in [-0.15, -0.1) is 0 Å². The molecule has 40 heavy (non-hydrogen) atoms. The number of carbonyl (C=O) groups is 3. The second-order valence-corrected chi connectivity index (χ2v) is 12.2. The smallest absolute Gasteiger partial charge is 0.490 e. The van der Waals surface area contributed by atoms with E-state index in [1.807, 2.05) is 75.4 Å².